The Bertz CT molecular complexity index is 3170. The van der Waals surface area contributed by atoms with Crippen LogP contribution in [0.15, 0.2) is 135 Å². The molecule has 6 heterocycles. The van der Waals surface area contributed by atoms with Crippen LogP contribution in [0.2, 0.25) is 5.28 Å². The summed E-state index contributed by atoms with van der Waals surface area (Å²) in [5.74, 6) is 2.08. The van der Waals surface area contributed by atoms with Crippen molar-refractivity contribution >= 4 is 79.9 Å². The molecule has 5 N–H and O–H groups in total. The zero-order chi connectivity index (χ0) is 43.2. The summed E-state index contributed by atoms with van der Waals surface area (Å²) in [4.78, 5) is 41.1. The summed E-state index contributed by atoms with van der Waals surface area (Å²) >= 11 is 6.49. The summed E-state index contributed by atoms with van der Waals surface area (Å²) < 4.78 is 6.02. The van der Waals surface area contributed by atoms with Gasteiger partial charge in [0, 0.05) is 24.5 Å². The molecule has 0 fully saturated rings. The van der Waals surface area contributed by atoms with E-state index in [0.717, 1.165) is 72.6 Å². The van der Waals surface area contributed by atoms with Gasteiger partial charge in [-0.2, -0.15) is 19.9 Å². The number of rotatable bonds is 17. The molecule has 0 aliphatic carbocycles. The predicted molar refractivity (Wildman–Crippen MR) is 251 cm³/mol. The molecule has 0 radical (unpaired) electrons. The molecule has 64 heavy (non-hydrogen) atoms. The summed E-state index contributed by atoms with van der Waals surface area (Å²) in [5, 5.41) is 10.5. The molecule has 6 aromatic heterocycles. The molecule has 10 aromatic rings. The van der Waals surface area contributed by atoms with Gasteiger partial charge in [0.2, 0.25) is 11.2 Å². The predicted octanol–water partition coefficient (Wildman–Crippen LogP) is 8.60. The van der Waals surface area contributed by atoms with Gasteiger partial charge in [-0.05, 0) is 83.8 Å². The first kappa shape index (κ1) is 40.1. The number of fused-ring (bicyclic) bond motifs is 3. The van der Waals surface area contributed by atoms with Crippen molar-refractivity contribution in [2.75, 3.05) is 28.2 Å². The molecule has 318 valence electrons. The van der Waals surface area contributed by atoms with Crippen molar-refractivity contribution in [1.82, 2.24) is 58.6 Å². The number of nitrogens with zero attached hydrogens (tertiary/aromatic N) is 12. The summed E-state index contributed by atoms with van der Waals surface area (Å²) in [6.45, 7) is 2.65. The van der Waals surface area contributed by atoms with Gasteiger partial charge in [0.05, 0.1) is 32.1 Å². The molecule has 0 aliphatic heterocycles. The third-order valence-corrected chi connectivity index (χ3v) is 11.1. The number of imidazole rings is 3. The van der Waals surface area contributed by atoms with Crippen LogP contribution >= 0.6 is 11.6 Å². The number of nitrogens with one attached hydrogen (secondary N) is 3. The van der Waals surface area contributed by atoms with Crippen LogP contribution in [0.25, 0.3) is 33.5 Å². The van der Waals surface area contributed by atoms with Gasteiger partial charge in [0.25, 0.3) is 0 Å². The van der Waals surface area contributed by atoms with E-state index in [0.29, 0.717) is 58.7 Å². The van der Waals surface area contributed by atoms with Gasteiger partial charge in [0.1, 0.15) is 11.8 Å². The SMILES string of the molecule is Nc1ncnc2c1ncn2CCCc1ccc(Nc2nc(Cl)nc3c2ncn3Cc2ccc(Nc3nc(NCCCc4ccccc4)nc4c3ncn4Cc3ccccc3)cc2)cc1. The van der Waals surface area contributed by atoms with Gasteiger partial charge >= 0.3 is 0 Å². The minimum absolute atomic E-state index is 0.124. The van der Waals surface area contributed by atoms with E-state index in [9.17, 15) is 0 Å². The molecule has 16 nitrogen and oxygen atoms in total. The highest BCUT2D eigenvalue weighted by Gasteiger charge is 2.17. The number of nitrogen functional groups attached to an aromatic ring is 1. The average Bonchev–Trinajstić information content (AvgIpc) is 4.05. The fourth-order valence-electron chi connectivity index (χ4n) is 7.70. The van der Waals surface area contributed by atoms with Crippen molar-refractivity contribution in [3.63, 3.8) is 0 Å². The number of hydrogen-bond donors (Lipinski definition) is 4. The smallest absolute Gasteiger partial charge is 0.226 e. The third kappa shape index (κ3) is 8.98. The molecule has 4 aromatic carbocycles. The minimum Gasteiger partial charge on any atom is -0.382 e. The van der Waals surface area contributed by atoms with E-state index in [-0.39, 0.29) is 5.28 Å². The van der Waals surface area contributed by atoms with Crippen LogP contribution in [-0.2, 0) is 32.5 Å². The molecular weight excluding hydrogens is 824 g/mol. The first-order valence-corrected chi connectivity index (χ1v) is 21.4. The lowest BCUT2D eigenvalue weighted by Gasteiger charge is -2.12. The van der Waals surface area contributed by atoms with Crippen molar-refractivity contribution in [2.24, 2.45) is 0 Å². The lowest BCUT2D eigenvalue weighted by molar-refractivity contribution is 0.652. The molecule has 0 atom stereocenters. The minimum atomic E-state index is 0.124. The van der Waals surface area contributed by atoms with Crippen molar-refractivity contribution in [3.05, 3.63) is 162 Å². The van der Waals surface area contributed by atoms with E-state index in [1.165, 1.54) is 17.5 Å². The maximum atomic E-state index is 6.49. The summed E-state index contributed by atoms with van der Waals surface area (Å²) in [7, 11) is 0. The van der Waals surface area contributed by atoms with Gasteiger partial charge in [-0.1, -0.05) is 84.9 Å². The van der Waals surface area contributed by atoms with Gasteiger partial charge < -0.3 is 35.4 Å². The largest absolute Gasteiger partial charge is 0.382 e. The normalized spacial score (nSPS) is 11.5. The monoisotopic (exact) mass is 866 g/mol. The van der Waals surface area contributed by atoms with Crippen molar-refractivity contribution in [3.8, 4) is 0 Å². The van der Waals surface area contributed by atoms with Gasteiger partial charge in [-0.25, -0.2) is 24.9 Å². The van der Waals surface area contributed by atoms with E-state index in [4.69, 9.17) is 37.3 Å². The number of nitrogens with two attached hydrogens (primary N) is 1. The van der Waals surface area contributed by atoms with E-state index in [1.807, 2.05) is 64.0 Å². The Balaban J connectivity index is 0.805. The van der Waals surface area contributed by atoms with Gasteiger partial charge in [-0.15, -0.1) is 0 Å². The fraction of sp³-hybridized carbons (Fsp3) is 0.170. The first-order chi connectivity index (χ1) is 31.5. The molecule has 0 unspecified atom stereocenters. The number of anilines is 6. The van der Waals surface area contributed by atoms with Gasteiger partial charge in [0.15, 0.2) is 45.4 Å². The Morgan fingerprint density at radius 2 is 1.05 bits per heavy atom. The number of aryl methyl sites for hydroxylation is 3. The van der Waals surface area contributed by atoms with E-state index >= 15 is 0 Å². The molecule has 10 rings (SSSR count). The van der Waals surface area contributed by atoms with Crippen LogP contribution in [0.3, 0.4) is 0 Å². The van der Waals surface area contributed by atoms with Crippen LogP contribution in [0.5, 0.6) is 0 Å². The standard InChI is InChI=1S/C47H43ClN16/c48-46-58-41(56-35-19-15-32(16-20-35)14-8-24-62-28-53-37-40(49)51-27-52-43(37)62)38-44(60-46)63(29-54-38)26-34-17-21-36(22-18-34)57-42-39-45(64(30-55-39)25-33-11-5-2-6-12-33)61-47(59-42)50-23-7-13-31-9-3-1-4-10-31/h1-6,9-12,15-22,27-30H,7-8,13-14,23-26H2,(H2,49,51,52)(H,56,58,60)(H2,50,57,59,61). The Morgan fingerprint density at radius 3 is 1.73 bits per heavy atom. The summed E-state index contributed by atoms with van der Waals surface area (Å²) in [6, 6.07) is 37.2. The fourth-order valence-corrected chi connectivity index (χ4v) is 7.86. The second-order valence-corrected chi connectivity index (χ2v) is 15.8. The Kier molecular flexibility index (Phi) is 11.4. The average molecular weight is 867 g/mol. The van der Waals surface area contributed by atoms with Crippen molar-refractivity contribution in [1.29, 1.82) is 0 Å². The number of benzene rings is 4. The maximum Gasteiger partial charge on any atom is 0.226 e. The molecule has 0 spiro atoms. The van der Waals surface area contributed by atoms with Crippen LogP contribution in [0, 0.1) is 0 Å². The quantitative estimate of drug-likeness (QED) is 0.0503. The zero-order valence-electron chi connectivity index (χ0n) is 34.7. The number of halogens is 1. The molecular formula is C47H43ClN16. The highest BCUT2D eigenvalue weighted by Crippen LogP contribution is 2.28. The van der Waals surface area contributed by atoms with Crippen molar-refractivity contribution in [2.45, 2.75) is 45.3 Å². The highest BCUT2D eigenvalue weighted by atomic mass is 35.5. The molecule has 0 bridgehead atoms. The Morgan fingerprint density at radius 1 is 0.500 bits per heavy atom. The molecule has 0 saturated heterocycles. The first-order valence-electron chi connectivity index (χ1n) is 21.1. The third-order valence-electron chi connectivity index (χ3n) is 10.9. The van der Waals surface area contributed by atoms with Crippen LogP contribution in [-0.4, -0.2) is 65.1 Å². The van der Waals surface area contributed by atoms with E-state index < -0.39 is 0 Å². The van der Waals surface area contributed by atoms with Crippen LogP contribution in [0.1, 0.15) is 35.1 Å². The molecule has 0 aliphatic rings. The van der Waals surface area contributed by atoms with Crippen molar-refractivity contribution < 1.29 is 0 Å². The topological polar surface area (TPSA) is 193 Å². The molecule has 0 amide bonds. The summed E-state index contributed by atoms with van der Waals surface area (Å²) in [5.41, 5.74) is 16.4. The maximum absolute atomic E-state index is 6.49. The zero-order valence-corrected chi connectivity index (χ0v) is 35.4. The molecule has 17 heteroatoms. The lowest BCUT2D eigenvalue weighted by Crippen LogP contribution is -2.09. The van der Waals surface area contributed by atoms with E-state index in [2.05, 4.69) is 106 Å². The molecule has 0 saturated carbocycles. The second kappa shape index (κ2) is 18.2. The lowest BCUT2D eigenvalue weighted by atomic mass is 10.1. The van der Waals surface area contributed by atoms with E-state index in [1.54, 1.807) is 12.7 Å². The van der Waals surface area contributed by atoms with Crippen LogP contribution in [0.4, 0.5) is 34.8 Å². The number of aromatic nitrogens is 12. The highest BCUT2D eigenvalue weighted by molar-refractivity contribution is 6.28. The summed E-state index contributed by atoms with van der Waals surface area (Å²) in [6.07, 6.45) is 10.5. The Hall–Kier alpha value is -7.98. The van der Waals surface area contributed by atoms with Crippen LogP contribution < -0.4 is 21.7 Å². The second-order valence-electron chi connectivity index (χ2n) is 15.4. The number of hydrogen-bond acceptors (Lipinski definition) is 13. The van der Waals surface area contributed by atoms with Gasteiger partial charge in [-0.3, -0.25) is 0 Å². The Labute approximate surface area is 372 Å².